The smallest absolute Gasteiger partial charge is 0.231 e. The summed E-state index contributed by atoms with van der Waals surface area (Å²) < 4.78 is 5.05. The van der Waals surface area contributed by atoms with Crippen molar-refractivity contribution in [3.63, 3.8) is 0 Å². The summed E-state index contributed by atoms with van der Waals surface area (Å²) in [5.74, 6) is 1.00. The lowest BCUT2D eigenvalue weighted by Crippen LogP contribution is -2.33. The molecule has 1 aromatic rings. The van der Waals surface area contributed by atoms with E-state index in [2.05, 4.69) is 15.0 Å². The van der Waals surface area contributed by atoms with E-state index in [9.17, 15) is 0 Å². The lowest BCUT2D eigenvalue weighted by atomic mass is 10.5. The minimum absolute atomic E-state index is 0.00756. The fourth-order valence-corrected chi connectivity index (χ4v) is 1.90. The van der Waals surface area contributed by atoms with Gasteiger partial charge in [0.2, 0.25) is 17.2 Å². The number of halogens is 1. The first-order valence-corrected chi connectivity index (χ1v) is 7.05. The Morgan fingerprint density at radius 1 is 1.05 bits per heavy atom. The number of nitrogens with zero attached hydrogens (tertiary/aromatic N) is 5. The first-order chi connectivity index (χ1) is 9.65. The molecule has 114 valence electrons. The maximum Gasteiger partial charge on any atom is 0.231 e. The van der Waals surface area contributed by atoms with E-state index in [4.69, 9.17) is 21.4 Å². The molecule has 0 unspecified atom stereocenters. The van der Waals surface area contributed by atoms with Crippen LogP contribution in [0.25, 0.3) is 0 Å². The van der Waals surface area contributed by atoms with E-state index < -0.39 is 0 Å². The monoisotopic (exact) mass is 303 g/mol. The van der Waals surface area contributed by atoms with Crippen LogP contribution in [0.3, 0.4) is 0 Å². The zero-order chi connectivity index (χ0) is 15.0. The Hall–Kier alpha value is -1.18. The number of ether oxygens (including phenoxy) is 1. The van der Waals surface area contributed by atoms with Gasteiger partial charge in [-0.1, -0.05) is 0 Å². The quantitative estimate of drug-likeness (QED) is 0.724. The zero-order valence-corrected chi connectivity index (χ0v) is 13.0. The lowest BCUT2D eigenvalue weighted by Gasteiger charge is -2.24. The number of aliphatic hydroxyl groups excluding tert-OH is 1. The normalized spacial score (nSPS) is 10.7. The van der Waals surface area contributed by atoms with Crippen LogP contribution in [-0.2, 0) is 4.74 Å². The fourth-order valence-electron chi connectivity index (χ4n) is 1.75. The summed E-state index contributed by atoms with van der Waals surface area (Å²) in [6, 6.07) is 0. The van der Waals surface area contributed by atoms with Crippen molar-refractivity contribution in [2.75, 3.05) is 56.3 Å². The van der Waals surface area contributed by atoms with Crippen LogP contribution in [0.1, 0.15) is 13.8 Å². The van der Waals surface area contributed by atoms with E-state index in [0.717, 1.165) is 13.1 Å². The summed E-state index contributed by atoms with van der Waals surface area (Å²) in [6.45, 7) is 7.14. The van der Waals surface area contributed by atoms with E-state index in [-0.39, 0.29) is 11.9 Å². The van der Waals surface area contributed by atoms with Gasteiger partial charge < -0.3 is 19.6 Å². The number of rotatable bonds is 9. The topological polar surface area (TPSA) is 74.6 Å². The van der Waals surface area contributed by atoms with Gasteiger partial charge in [-0.05, 0) is 25.4 Å². The Morgan fingerprint density at radius 2 is 1.65 bits per heavy atom. The third-order valence-electron chi connectivity index (χ3n) is 2.85. The molecule has 0 fully saturated rings. The molecule has 0 saturated heterocycles. The molecule has 1 rings (SSSR count). The van der Waals surface area contributed by atoms with Gasteiger partial charge in [-0.3, -0.25) is 0 Å². The molecular formula is C12H22ClN5O2. The third kappa shape index (κ3) is 4.73. The number of anilines is 2. The molecule has 8 heteroatoms. The van der Waals surface area contributed by atoms with Crippen molar-refractivity contribution < 1.29 is 9.84 Å². The van der Waals surface area contributed by atoms with Crippen LogP contribution in [0.15, 0.2) is 0 Å². The van der Waals surface area contributed by atoms with Gasteiger partial charge in [0.25, 0.3) is 0 Å². The van der Waals surface area contributed by atoms with Crippen LogP contribution in [0.4, 0.5) is 11.9 Å². The van der Waals surface area contributed by atoms with Crippen LogP contribution < -0.4 is 9.80 Å². The predicted octanol–water partition coefficient (Wildman–Crippen LogP) is 0.816. The van der Waals surface area contributed by atoms with Crippen molar-refractivity contribution in [3.05, 3.63) is 5.28 Å². The maximum atomic E-state index is 9.14. The molecule has 1 N–H and O–H groups in total. The standard InChI is InChI=1S/C12H22ClN5O2/c1-4-17(5-2)11-14-10(13)15-12(16-11)18(6-8-19)7-9-20-3/h19H,4-9H2,1-3H3. The first-order valence-electron chi connectivity index (χ1n) is 6.67. The molecule has 0 spiro atoms. The third-order valence-corrected chi connectivity index (χ3v) is 3.02. The highest BCUT2D eigenvalue weighted by Gasteiger charge is 2.15. The fraction of sp³-hybridized carbons (Fsp3) is 0.750. The Morgan fingerprint density at radius 3 is 2.15 bits per heavy atom. The minimum Gasteiger partial charge on any atom is -0.395 e. The average Bonchev–Trinajstić information content (AvgIpc) is 2.44. The molecule has 0 amide bonds. The minimum atomic E-state index is 0.00756. The molecule has 1 aromatic heterocycles. The zero-order valence-electron chi connectivity index (χ0n) is 12.2. The molecule has 0 bridgehead atoms. The summed E-state index contributed by atoms with van der Waals surface area (Å²) in [6.07, 6.45) is 0. The second-order valence-corrected chi connectivity index (χ2v) is 4.42. The van der Waals surface area contributed by atoms with Crippen LogP contribution in [0.5, 0.6) is 0 Å². The Bertz CT molecular complexity index is 403. The summed E-state index contributed by atoms with van der Waals surface area (Å²) >= 11 is 5.98. The molecule has 0 atom stereocenters. The molecule has 0 aliphatic carbocycles. The van der Waals surface area contributed by atoms with Crippen molar-refractivity contribution in [2.24, 2.45) is 0 Å². The summed E-state index contributed by atoms with van der Waals surface area (Å²) in [4.78, 5) is 16.5. The second-order valence-electron chi connectivity index (χ2n) is 4.08. The highest BCUT2D eigenvalue weighted by Crippen LogP contribution is 2.16. The molecule has 0 aliphatic rings. The average molecular weight is 304 g/mol. The highest BCUT2D eigenvalue weighted by atomic mass is 35.5. The van der Waals surface area contributed by atoms with Gasteiger partial charge in [0.05, 0.1) is 13.2 Å². The van der Waals surface area contributed by atoms with Gasteiger partial charge in [-0.15, -0.1) is 0 Å². The highest BCUT2D eigenvalue weighted by molar-refractivity contribution is 6.28. The van der Waals surface area contributed by atoms with Crippen molar-refractivity contribution in [1.29, 1.82) is 0 Å². The number of hydrogen-bond acceptors (Lipinski definition) is 7. The lowest BCUT2D eigenvalue weighted by molar-refractivity contribution is 0.202. The number of hydrogen-bond donors (Lipinski definition) is 1. The van der Waals surface area contributed by atoms with Crippen molar-refractivity contribution >= 4 is 23.5 Å². The van der Waals surface area contributed by atoms with E-state index >= 15 is 0 Å². The second kappa shape index (κ2) is 8.89. The van der Waals surface area contributed by atoms with Crippen LogP contribution in [0.2, 0.25) is 5.28 Å². The van der Waals surface area contributed by atoms with Gasteiger partial charge in [-0.2, -0.15) is 15.0 Å². The molecule has 20 heavy (non-hydrogen) atoms. The van der Waals surface area contributed by atoms with Gasteiger partial charge in [-0.25, -0.2) is 0 Å². The first kappa shape index (κ1) is 16.9. The maximum absolute atomic E-state index is 9.14. The Kier molecular flexibility index (Phi) is 7.50. The van der Waals surface area contributed by atoms with Gasteiger partial charge in [0, 0.05) is 33.3 Å². The van der Waals surface area contributed by atoms with E-state index in [1.54, 1.807) is 7.11 Å². The van der Waals surface area contributed by atoms with Crippen molar-refractivity contribution in [3.8, 4) is 0 Å². The SMILES string of the molecule is CCN(CC)c1nc(Cl)nc(N(CCO)CCOC)n1. The van der Waals surface area contributed by atoms with Crippen molar-refractivity contribution in [2.45, 2.75) is 13.8 Å². The van der Waals surface area contributed by atoms with Crippen molar-refractivity contribution in [1.82, 2.24) is 15.0 Å². The molecular weight excluding hydrogens is 282 g/mol. The number of aromatic nitrogens is 3. The summed E-state index contributed by atoms with van der Waals surface area (Å²) in [5, 5.41) is 9.29. The molecule has 1 heterocycles. The molecule has 0 radical (unpaired) electrons. The largest absolute Gasteiger partial charge is 0.395 e. The molecule has 7 nitrogen and oxygen atoms in total. The van der Waals surface area contributed by atoms with E-state index in [1.165, 1.54) is 0 Å². The van der Waals surface area contributed by atoms with Crippen LogP contribution in [0, 0.1) is 0 Å². The van der Waals surface area contributed by atoms with E-state index in [0.29, 0.717) is 31.6 Å². The number of methoxy groups -OCH3 is 1. The van der Waals surface area contributed by atoms with E-state index in [1.807, 2.05) is 23.6 Å². The number of aliphatic hydroxyl groups is 1. The summed E-state index contributed by atoms with van der Waals surface area (Å²) in [5.41, 5.74) is 0. The van der Waals surface area contributed by atoms with Gasteiger partial charge >= 0.3 is 0 Å². The Labute approximate surface area is 124 Å². The van der Waals surface area contributed by atoms with Crippen LogP contribution in [-0.4, -0.2) is 66.6 Å². The Balaban J connectivity index is 3.01. The molecule has 0 saturated carbocycles. The van der Waals surface area contributed by atoms with Crippen LogP contribution >= 0.6 is 11.6 Å². The van der Waals surface area contributed by atoms with Gasteiger partial charge in [0.1, 0.15) is 0 Å². The molecule has 0 aliphatic heterocycles. The predicted molar refractivity (Wildman–Crippen MR) is 79.6 cm³/mol. The molecule has 0 aromatic carbocycles. The summed E-state index contributed by atoms with van der Waals surface area (Å²) in [7, 11) is 1.62. The van der Waals surface area contributed by atoms with Gasteiger partial charge in [0.15, 0.2) is 0 Å².